The van der Waals surface area contributed by atoms with Crippen molar-refractivity contribution in [2.24, 2.45) is 0 Å². The minimum absolute atomic E-state index is 0.0453. The Labute approximate surface area is 197 Å². The standard InChI is InChI=1S/C25H25ClN4O3/c1-17-3-2-4-20(15-17)33-23-21-16-30(24(31)18-5-7-19(26)8-6-18)10-9-22(21)27-25(28-23)29-11-13-32-14-12-29/h2-8,15H,9-14,16H2,1H3. The summed E-state index contributed by atoms with van der Waals surface area (Å²) in [7, 11) is 0. The largest absolute Gasteiger partial charge is 0.438 e. The monoisotopic (exact) mass is 464 g/mol. The van der Waals surface area contributed by atoms with Crippen LogP contribution in [-0.4, -0.2) is 53.6 Å². The molecule has 3 heterocycles. The number of anilines is 1. The summed E-state index contributed by atoms with van der Waals surface area (Å²) in [5.74, 6) is 1.82. The summed E-state index contributed by atoms with van der Waals surface area (Å²) in [4.78, 5) is 26.7. The first-order valence-electron chi connectivity index (χ1n) is 11.1. The van der Waals surface area contributed by atoms with Gasteiger partial charge in [0.15, 0.2) is 0 Å². The minimum Gasteiger partial charge on any atom is -0.438 e. The normalized spacial score (nSPS) is 15.8. The summed E-state index contributed by atoms with van der Waals surface area (Å²) in [5, 5.41) is 0.605. The fourth-order valence-electron chi connectivity index (χ4n) is 4.10. The van der Waals surface area contributed by atoms with Crippen molar-refractivity contribution in [3.8, 4) is 11.6 Å². The van der Waals surface area contributed by atoms with E-state index in [-0.39, 0.29) is 5.91 Å². The molecule has 2 aliphatic rings. The fourth-order valence-corrected chi connectivity index (χ4v) is 4.23. The van der Waals surface area contributed by atoms with Gasteiger partial charge in [0.05, 0.1) is 31.0 Å². The van der Waals surface area contributed by atoms with Gasteiger partial charge >= 0.3 is 0 Å². The van der Waals surface area contributed by atoms with E-state index in [0.29, 0.717) is 60.9 Å². The predicted octanol–water partition coefficient (Wildman–Crippen LogP) is 4.27. The number of hydrogen-bond donors (Lipinski definition) is 0. The zero-order valence-electron chi connectivity index (χ0n) is 18.5. The van der Waals surface area contributed by atoms with Crippen LogP contribution in [0.25, 0.3) is 0 Å². The molecule has 33 heavy (non-hydrogen) atoms. The molecule has 170 valence electrons. The molecule has 3 aromatic rings. The van der Waals surface area contributed by atoms with E-state index in [9.17, 15) is 4.79 Å². The lowest BCUT2D eigenvalue weighted by atomic mass is 10.1. The number of rotatable bonds is 4. The molecule has 2 aliphatic heterocycles. The molecule has 8 heteroatoms. The molecule has 0 atom stereocenters. The number of morpholine rings is 1. The molecule has 0 N–H and O–H groups in total. The molecule has 1 saturated heterocycles. The third kappa shape index (κ3) is 4.79. The molecular weight excluding hydrogens is 440 g/mol. The lowest BCUT2D eigenvalue weighted by Crippen LogP contribution is -2.39. The summed E-state index contributed by atoms with van der Waals surface area (Å²) in [6, 6.07) is 14.8. The highest BCUT2D eigenvalue weighted by Crippen LogP contribution is 2.32. The van der Waals surface area contributed by atoms with Crippen LogP contribution in [0.4, 0.5) is 5.95 Å². The third-order valence-electron chi connectivity index (χ3n) is 5.89. The van der Waals surface area contributed by atoms with E-state index in [0.717, 1.165) is 29.9 Å². The van der Waals surface area contributed by atoms with Gasteiger partial charge in [-0.15, -0.1) is 0 Å². The zero-order chi connectivity index (χ0) is 22.8. The van der Waals surface area contributed by atoms with Gasteiger partial charge in [-0.25, -0.2) is 4.98 Å². The number of fused-ring (bicyclic) bond motifs is 1. The fraction of sp³-hybridized carbons (Fsp3) is 0.320. The van der Waals surface area contributed by atoms with Crippen LogP contribution in [0.1, 0.15) is 27.2 Å². The van der Waals surface area contributed by atoms with Crippen LogP contribution in [0, 0.1) is 6.92 Å². The second kappa shape index (κ2) is 9.37. The number of carbonyl (C=O) groups excluding carboxylic acids is 1. The van der Waals surface area contributed by atoms with E-state index in [4.69, 9.17) is 31.0 Å². The molecule has 0 spiro atoms. The predicted molar refractivity (Wildman–Crippen MR) is 126 cm³/mol. The molecule has 7 nitrogen and oxygen atoms in total. The summed E-state index contributed by atoms with van der Waals surface area (Å²) in [5.41, 5.74) is 3.48. The Morgan fingerprint density at radius 3 is 2.61 bits per heavy atom. The van der Waals surface area contributed by atoms with E-state index < -0.39 is 0 Å². The molecule has 0 radical (unpaired) electrons. The first-order valence-corrected chi connectivity index (χ1v) is 11.5. The van der Waals surface area contributed by atoms with Crippen LogP contribution < -0.4 is 9.64 Å². The number of ether oxygens (including phenoxy) is 2. The van der Waals surface area contributed by atoms with Crippen LogP contribution >= 0.6 is 11.6 Å². The SMILES string of the molecule is Cc1cccc(Oc2nc(N3CCOCC3)nc3c2CN(C(=O)c2ccc(Cl)cc2)CC3)c1. The Morgan fingerprint density at radius 2 is 1.85 bits per heavy atom. The van der Waals surface area contributed by atoms with Crippen molar-refractivity contribution in [1.82, 2.24) is 14.9 Å². The van der Waals surface area contributed by atoms with Crippen LogP contribution in [-0.2, 0) is 17.7 Å². The molecule has 0 bridgehead atoms. The van der Waals surface area contributed by atoms with Crippen LogP contribution in [0.5, 0.6) is 11.6 Å². The lowest BCUT2D eigenvalue weighted by Gasteiger charge is -2.32. The molecule has 1 aromatic heterocycles. The molecule has 5 rings (SSSR count). The molecular formula is C25H25ClN4O3. The maximum Gasteiger partial charge on any atom is 0.254 e. The first-order chi connectivity index (χ1) is 16.1. The number of nitrogens with zero attached hydrogens (tertiary/aromatic N) is 4. The number of hydrogen-bond acceptors (Lipinski definition) is 6. The van der Waals surface area contributed by atoms with Crippen molar-refractivity contribution in [2.75, 3.05) is 37.7 Å². The Kier molecular flexibility index (Phi) is 6.15. The van der Waals surface area contributed by atoms with E-state index in [1.54, 1.807) is 24.3 Å². The van der Waals surface area contributed by atoms with Gasteiger partial charge < -0.3 is 19.3 Å². The quantitative estimate of drug-likeness (QED) is 0.574. The second-order valence-electron chi connectivity index (χ2n) is 8.26. The van der Waals surface area contributed by atoms with Gasteiger partial charge in [-0.05, 0) is 48.9 Å². The van der Waals surface area contributed by atoms with E-state index in [1.165, 1.54) is 0 Å². The van der Waals surface area contributed by atoms with Gasteiger partial charge in [-0.3, -0.25) is 4.79 Å². The number of amides is 1. The Balaban J connectivity index is 1.48. The van der Waals surface area contributed by atoms with Gasteiger partial charge in [-0.2, -0.15) is 4.98 Å². The molecule has 1 fully saturated rings. The molecule has 2 aromatic carbocycles. The zero-order valence-corrected chi connectivity index (χ0v) is 19.2. The van der Waals surface area contributed by atoms with Crippen LogP contribution in [0.2, 0.25) is 5.02 Å². The van der Waals surface area contributed by atoms with Gasteiger partial charge in [-0.1, -0.05) is 23.7 Å². The summed E-state index contributed by atoms with van der Waals surface area (Å²) >= 11 is 5.99. The van der Waals surface area contributed by atoms with Crippen LogP contribution in [0.3, 0.4) is 0 Å². The smallest absolute Gasteiger partial charge is 0.254 e. The van der Waals surface area contributed by atoms with Crippen molar-refractivity contribution in [3.05, 3.63) is 75.9 Å². The molecule has 0 saturated carbocycles. The van der Waals surface area contributed by atoms with E-state index in [2.05, 4.69) is 4.90 Å². The maximum absolute atomic E-state index is 13.1. The van der Waals surface area contributed by atoms with Crippen molar-refractivity contribution >= 4 is 23.5 Å². The minimum atomic E-state index is -0.0453. The highest BCUT2D eigenvalue weighted by atomic mass is 35.5. The Bertz CT molecular complexity index is 1160. The first kappa shape index (κ1) is 21.7. The van der Waals surface area contributed by atoms with Crippen molar-refractivity contribution < 1.29 is 14.3 Å². The van der Waals surface area contributed by atoms with E-state index in [1.807, 2.05) is 36.1 Å². The lowest BCUT2D eigenvalue weighted by molar-refractivity contribution is 0.0731. The highest BCUT2D eigenvalue weighted by Gasteiger charge is 2.28. The summed E-state index contributed by atoms with van der Waals surface area (Å²) in [6.45, 7) is 5.77. The summed E-state index contributed by atoms with van der Waals surface area (Å²) < 4.78 is 11.8. The number of aromatic nitrogens is 2. The van der Waals surface area contributed by atoms with Gasteiger partial charge in [0, 0.05) is 36.6 Å². The number of aryl methyl sites for hydroxylation is 1. The van der Waals surface area contributed by atoms with Gasteiger partial charge in [0.25, 0.3) is 5.91 Å². The average Bonchev–Trinajstić information content (AvgIpc) is 2.84. The topological polar surface area (TPSA) is 67.8 Å². The Hall–Kier alpha value is -3.16. The Morgan fingerprint density at radius 1 is 1.06 bits per heavy atom. The second-order valence-corrected chi connectivity index (χ2v) is 8.69. The van der Waals surface area contributed by atoms with Crippen molar-refractivity contribution in [1.29, 1.82) is 0 Å². The van der Waals surface area contributed by atoms with Gasteiger partial charge in [0.1, 0.15) is 5.75 Å². The number of benzene rings is 2. The average molecular weight is 465 g/mol. The molecule has 0 aliphatic carbocycles. The van der Waals surface area contributed by atoms with Crippen molar-refractivity contribution in [3.63, 3.8) is 0 Å². The van der Waals surface area contributed by atoms with Crippen molar-refractivity contribution in [2.45, 2.75) is 19.9 Å². The third-order valence-corrected chi connectivity index (χ3v) is 6.14. The van der Waals surface area contributed by atoms with Gasteiger partial charge in [0.2, 0.25) is 11.8 Å². The number of halogens is 1. The molecule has 0 unspecified atom stereocenters. The summed E-state index contributed by atoms with van der Waals surface area (Å²) in [6.07, 6.45) is 0.638. The van der Waals surface area contributed by atoms with Crippen LogP contribution in [0.15, 0.2) is 48.5 Å². The molecule has 1 amide bonds. The highest BCUT2D eigenvalue weighted by molar-refractivity contribution is 6.30. The maximum atomic E-state index is 13.1. The number of carbonyl (C=O) groups is 1. The van der Waals surface area contributed by atoms with E-state index >= 15 is 0 Å².